The summed E-state index contributed by atoms with van der Waals surface area (Å²) < 4.78 is 2.52. The van der Waals surface area contributed by atoms with Gasteiger partial charge in [0.2, 0.25) is 0 Å². The summed E-state index contributed by atoms with van der Waals surface area (Å²) in [6, 6.07) is 1.85. The van der Waals surface area contributed by atoms with Crippen LogP contribution in [0.25, 0.3) is 24.3 Å². The molecule has 2 aromatic rings. The van der Waals surface area contributed by atoms with Crippen LogP contribution in [0.3, 0.4) is 0 Å². The highest BCUT2D eigenvalue weighted by atomic mass is 32.1. The van der Waals surface area contributed by atoms with Crippen molar-refractivity contribution in [3.8, 4) is 11.5 Å². The van der Waals surface area contributed by atoms with Gasteiger partial charge in [0.15, 0.2) is 0 Å². The fourth-order valence-electron chi connectivity index (χ4n) is 5.83. The normalized spacial score (nSPS) is 16.7. The van der Waals surface area contributed by atoms with E-state index in [2.05, 4.69) is 53.7 Å². The zero-order valence-electron chi connectivity index (χ0n) is 23.4. The number of hydrogen-bond acceptors (Lipinski definition) is 5. The monoisotopic (exact) mass is 524 g/mol. The fourth-order valence-corrected chi connectivity index (χ4v) is 7.19. The van der Waals surface area contributed by atoms with Crippen LogP contribution in [0, 0.1) is 6.92 Å². The number of nitrogens with zero attached hydrogens (tertiary/aromatic N) is 2. The van der Waals surface area contributed by atoms with E-state index in [9.17, 15) is 10.2 Å². The molecule has 196 valence electrons. The van der Waals surface area contributed by atoms with Crippen LogP contribution in [0.15, 0.2) is 49.7 Å². The van der Waals surface area contributed by atoms with Gasteiger partial charge < -0.3 is 10.2 Å². The molecule has 1 aromatic carbocycles. The van der Waals surface area contributed by atoms with E-state index in [1.54, 1.807) is 6.92 Å². The molecule has 4 heterocycles. The van der Waals surface area contributed by atoms with Crippen LogP contribution in [0.5, 0.6) is 11.5 Å². The summed E-state index contributed by atoms with van der Waals surface area (Å²) in [5.74, 6) is 0.156. The smallest absolute Gasteiger partial charge is 0.129 e. The molecule has 8 bridgehead atoms. The van der Waals surface area contributed by atoms with Crippen molar-refractivity contribution in [2.75, 3.05) is 0 Å². The molecule has 2 N–H and O–H groups in total. The van der Waals surface area contributed by atoms with Crippen molar-refractivity contribution in [3.63, 3.8) is 0 Å². The van der Waals surface area contributed by atoms with Crippen molar-refractivity contribution >= 4 is 47.1 Å². The molecule has 4 nitrogen and oxygen atoms in total. The van der Waals surface area contributed by atoms with Gasteiger partial charge >= 0.3 is 0 Å². The maximum atomic E-state index is 11.0. The third-order valence-corrected chi connectivity index (χ3v) is 9.22. The number of aromatic hydroxyl groups is 2. The summed E-state index contributed by atoms with van der Waals surface area (Å²) >= 11 is 1.82. The van der Waals surface area contributed by atoms with E-state index in [0.717, 1.165) is 48.5 Å². The highest BCUT2D eigenvalue weighted by Crippen LogP contribution is 2.40. The van der Waals surface area contributed by atoms with Crippen LogP contribution < -0.4 is 9.06 Å². The molecule has 0 atom stereocenters. The number of aliphatic imine (C=N–C) groups is 2. The molecule has 0 amide bonds. The number of rotatable bonds is 4. The molecule has 0 saturated carbocycles. The SMILES string of the molecule is CCC1=C(C)C2=NC1=Cc1cc(c(O)c(C)c1O)C=C1N=C(C=c3sc(c(CC)c3CC)=C2)C(C)=C1CC. The summed E-state index contributed by atoms with van der Waals surface area (Å²) in [6.45, 7) is 14.8. The van der Waals surface area contributed by atoms with Gasteiger partial charge in [-0.1, -0.05) is 27.7 Å². The minimum Gasteiger partial charge on any atom is -0.507 e. The van der Waals surface area contributed by atoms with Crippen LogP contribution in [0.1, 0.15) is 82.2 Å². The number of benzene rings is 1. The highest BCUT2D eigenvalue weighted by molar-refractivity contribution is 7.08. The van der Waals surface area contributed by atoms with E-state index in [1.165, 1.54) is 42.5 Å². The van der Waals surface area contributed by atoms with Crippen molar-refractivity contribution in [2.24, 2.45) is 9.98 Å². The molecule has 0 saturated heterocycles. The topological polar surface area (TPSA) is 65.2 Å². The molecule has 0 radical (unpaired) electrons. The first kappa shape index (κ1) is 26.2. The fraction of sp³-hybridized carbons (Fsp3) is 0.333. The lowest BCUT2D eigenvalue weighted by Crippen LogP contribution is -2.08. The summed E-state index contributed by atoms with van der Waals surface area (Å²) in [6.07, 6.45) is 12.0. The van der Waals surface area contributed by atoms with Gasteiger partial charge in [0.25, 0.3) is 0 Å². The lowest BCUT2D eigenvalue weighted by molar-refractivity contribution is 0.441. The molecule has 0 unspecified atom stereocenters. The number of hydrogen-bond donors (Lipinski definition) is 2. The molecular formula is C33H36N2O2S. The zero-order chi connectivity index (χ0) is 27.3. The Bertz CT molecular complexity index is 1570. The van der Waals surface area contributed by atoms with Gasteiger partial charge in [0, 0.05) is 25.8 Å². The van der Waals surface area contributed by atoms with E-state index in [1.807, 2.05) is 29.6 Å². The molecule has 5 rings (SSSR count). The Morgan fingerprint density at radius 3 is 1.42 bits per heavy atom. The maximum absolute atomic E-state index is 11.0. The van der Waals surface area contributed by atoms with Gasteiger partial charge in [0.05, 0.1) is 22.8 Å². The molecule has 0 spiro atoms. The second-order valence-electron chi connectivity index (χ2n) is 10.1. The average Bonchev–Trinajstić information content (AvgIpc) is 3.50. The molecule has 38 heavy (non-hydrogen) atoms. The van der Waals surface area contributed by atoms with Crippen LogP contribution in [-0.4, -0.2) is 21.6 Å². The van der Waals surface area contributed by atoms with Crippen LogP contribution in [0.4, 0.5) is 0 Å². The second kappa shape index (κ2) is 10.0. The number of phenols is 2. The molecule has 3 aliphatic rings. The van der Waals surface area contributed by atoms with Crippen molar-refractivity contribution in [3.05, 3.63) is 76.6 Å². The highest BCUT2D eigenvalue weighted by Gasteiger charge is 2.23. The predicted molar refractivity (Wildman–Crippen MR) is 163 cm³/mol. The van der Waals surface area contributed by atoms with Crippen molar-refractivity contribution in [1.29, 1.82) is 0 Å². The Hall–Kier alpha value is -3.44. The number of thiophene rings is 1. The van der Waals surface area contributed by atoms with Crippen molar-refractivity contribution < 1.29 is 10.2 Å². The van der Waals surface area contributed by atoms with Crippen molar-refractivity contribution in [2.45, 2.75) is 74.1 Å². The van der Waals surface area contributed by atoms with Crippen LogP contribution in [0.2, 0.25) is 0 Å². The summed E-state index contributed by atoms with van der Waals surface area (Å²) in [4.78, 5) is 10.1. The third-order valence-electron chi connectivity index (χ3n) is 8.06. The van der Waals surface area contributed by atoms with Crippen molar-refractivity contribution in [1.82, 2.24) is 0 Å². The van der Waals surface area contributed by atoms with E-state index in [4.69, 9.17) is 9.98 Å². The summed E-state index contributed by atoms with van der Waals surface area (Å²) in [5, 5.41) is 22.0. The number of allylic oxidation sites excluding steroid dienone is 4. The first-order chi connectivity index (χ1) is 18.2. The molecule has 1 aromatic heterocycles. The van der Waals surface area contributed by atoms with Gasteiger partial charge in [-0.15, -0.1) is 11.3 Å². The molecule has 3 aliphatic heterocycles. The zero-order valence-corrected chi connectivity index (χ0v) is 24.2. The Morgan fingerprint density at radius 2 is 1.05 bits per heavy atom. The predicted octanol–water partition coefficient (Wildman–Crippen LogP) is 6.91. The second-order valence-corrected chi connectivity index (χ2v) is 11.2. The van der Waals surface area contributed by atoms with E-state index >= 15 is 0 Å². The van der Waals surface area contributed by atoms with Gasteiger partial charge in [-0.05, 0) is 110 Å². The Labute approximate surface area is 229 Å². The van der Waals surface area contributed by atoms with Gasteiger partial charge in [-0.25, -0.2) is 9.98 Å². The Morgan fingerprint density at radius 1 is 0.632 bits per heavy atom. The van der Waals surface area contributed by atoms with Crippen LogP contribution >= 0.6 is 11.3 Å². The van der Waals surface area contributed by atoms with Gasteiger partial charge in [-0.3, -0.25) is 0 Å². The molecule has 0 aliphatic carbocycles. The lowest BCUT2D eigenvalue weighted by atomic mass is 9.97. The standard InChI is InChI=1S/C33H36N2O2S/c1-8-22-17(5)26-15-30-24(10-3)25(11-4)31(38-30)16-27-18(6)23(9-2)29(35-27)14-21-12-20(13-28(22)34-26)32(36)19(7)33(21)37/h12-16,36-37H,8-11H2,1-7H3. The quantitative estimate of drug-likeness (QED) is 0.456. The molecule has 0 fully saturated rings. The first-order valence-corrected chi connectivity index (χ1v) is 14.4. The first-order valence-electron chi connectivity index (χ1n) is 13.6. The van der Waals surface area contributed by atoms with E-state index < -0.39 is 0 Å². The van der Waals surface area contributed by atoms with Crippen LogP contribution in [-0.2, 0) is 12.8 Å². The summed E-state index contributed by atoms with van der Waals surface area (Å²) in [7, 11) is 0. The van der Waals surface area contributed by atoms with Gasteiger partial charge in [0.1, 0.15) is 11.5 Å². The Balaban J connectivity index is 1.92. The lowest BCUT2D eigenvalue weighted by Gasteiger charge is -2.11. The molecular weight excluding hydrogens is 488 g/mol. The van der Waals surface area contributed by atoms with Gasteiger partial charge in [-0.2, -0.15) is 0 Å². The van der Waals surface area contributed by atoms with E-state index in [-0.39, 0.29) is 11.5 Å². The molecule has 5 heteroatoms. The van der Waals surface area contributed by atoms with E-state index in [0.29, 0.717) is 16.7 Å². The average molecular weight is 525 g/mol. The number of phenolic OH excluding ortho intramolecular Hbond substituents is 2. The Kier molecular flexibility index (Phi) is 6.91. The maximum Gasteiger partial charge on any atom is 0.129 e. The third kappa shape index (κ3) is 4.14. The number of fused-ring (bicyclic) bond motifs is 6. The minimum absolute atomic E-state index is 0.0779. The largest absolute Gasteiger partial charge is 0.507 e. The minimum atomic E-state index is 0.0779. The summed E-state index contributed by atoms with van der Waals surface area (Å²) in [5.41, 5.74) is 12.9.